The lowest BCUT2D eigenvalue weighted by Crippen LogP contribution is -2.41. The number of benzene rings is 2. The third-order valence-electron chi connectivity index (χ3n) is 9.43. The number of anilines is 1. The molecule has 0 aliphatic carbocycles. The number of tetrazole rings is 1. The van der Waals surface area contributed by atoms with E-state index < -0.39 is 24.5 Å². The first-order valence-corrected chi connectivity index (χ1v) is 17.6. The average Bonchev–Trinajstić information content (AvgIpc) is 3.90. The van der Waals surface area contributed by atoms with E-state index in [1.807, 2.05) is 43.3 Å². The highest BCUT2D eigenvalue weighted by atomic mass is 16.6. The van der Waals surface area contributed by atoms with Crippen molar-refractivity contribution in [1.29, 1.82) is 0 Å². The molecule has 5 N–H and O–H groups in total. The van der Waals surface area contributed by atoms with Crippen molar-refractivity contribution < 1.29 is 19.7 Å². The molecule has 5 aromatic rings. The van der Waals surface area contributed by atoms with Gasteiger partial charge in [0.2, 0.25) is 5.82 Å². The molecule has 0 spiro atoms. The van der Waals surface area contributed by atoms with Crippen molar-refractivity contribution in [3.8, 4) is 0 Å². The number of aromatic nitrogens is 8. The summed E-state index contributed by atoms with van der Waals surface area (Å²) >= 11 is 0. The number of nitrogens with one attached hydrogen (secondary N) is 3. The van der Waals surface area contributed by atoms with E-state index in [1.165, 1.54) is 30.4 Å². The summed E-state index contributed by atoms with van der Waals surface area (Å²) in [5.41, 5.74) is 3.05. The Kier molecular flexibility index (Phi) is 10.7. The Labute approximate surface area is 295 Å². The number of likely N-dealkylation sites (tertiary alicyclic amines) is 1. The van der Waals surface area contributed by atoms with Crippen LogP contribution >= 0.6 is 0 Å². The van der Waals surface area contributed by atoms with E-state index in [2.05, 4.69) is 65.5 Å². The topological polar surface area (TPSA) is 193 Å². The summed E-state index contributed by atoms with van der Waals surface area (Å²) in [7, 11) is 0. The molecular weight excluding hydrogens is 652 g/mol. The maximum Gasteiger partial charge on any atom is 0.315 e. The molecule has 5 heterocycles. The normalized spacial score (nSPS) is 20.9. The van der Waals surface area contributed by atoms with Gasteiger partial charge in [0.25, 0.3) is 0 Å². The molecular formula is C35H44N12O4. The predicted octanol–water partition coefficient (Wildman–Crippen LogP) is 2.35. The van der Waals surface area contributed by atoms with Gasteiger partial charge in [-0.25, -0.2) is 19.7 Å². The maximum atomic E-state index is 12.8. The van der Waals surface area contributed by atoms with Gasteiger partial charge in [-0.3, -0.25) is 4.57 Å². The van der Waals surface area contributed by atoms with Crippen LogP contribution < -0.4 is 16.0 Å². The number of aliphatic hydroxyl groups is 2. The molecule has 16 nitrogen and oxygen atoms in total. The number of carbonyl (C=O) groups excluding carboxylic acids is 1. The van der Waals surface area contributed by atoms with Gasteiger partial charge in [0.15, 0.2) is 35.1 Å². The first kappa shape index (κ1) is 34.4. The van der Waals surface area contributed by atoms with Gasteiger partial charge in [-0.15, -0.1) is 10.2 Å². The van der Waals surface area contributed by atoms with Gasteiger partial charge in [0, 0.05) is 25.6 Å². The van der Waals surface area contributed by atoms with E-state index >= 15 is 0 Å². The SMILES string of the molecule is CCn1nnc([C@H]2O[C@@H](n3cnc4c(NCC(c5ccccc5)c5ccccc5)nc(CNC(=O)NCCN5CCCCC5)nc43)[C@H](O)[C@@H]2O)n1. The van der Waals surface area contributed by atoms with Crippen LogP contribution in [0.4, 0.5) is 10.6 Å². The number of nitrogens with zero attached hydrogens (tertiary/aromatic N) is 9. The van der Waals surface area contributed by atoms with Gasteiger partial charge >= 0.3 is 6.03 Å². The molecule has 2 saturated heterocycles. The lowest BCUT2D eigenvalue weighted by Gasteiger charge is -2.26. The molecule has 2 aromatic carbocycles. The van der Waals surface area contributed by atoms with Crippen LogP contribution in [0.5, 0.6) is 0 Å². The smallest absolute Gasteiger partial charge is 0.315 e. The molecule has 0 unspecified atom stereocenters. The zero-order chi connectivity index (χ0) is 35.2. The molecule has 7 rings (SSSR count). The second kappa shape index (κ2) is 15.9. The van der Waals surface area contributed by atoms with Gasteiger partial charge in [0.05, 0.1) is 19.4 Å². The number of hydrogen-bond donors (Lipinski definition) is 5. The number of aryl methyl sites for hydroxylation is 1. The van der Waals surface area contributed by atoms with Crippen LogP contribution in [0.3, 0.4) is 0 Å². The van der Waals surface area contributed by atoms with Crippen molar-refractivity contribution in [2.24, 2.45) is 0 Å². The summed E-state index contributed by atoms with van der Waals surface area (Å²) in [5, 5.41) is 43.7. The molecule has 0 bridgehead atoms. The van der Waals surface area contributed by atoms with Crippen LogP contribution in [0, 0.1) is 0 Å². The number of fused-ring (bicyclic) bond motifs is 1. The van der Waals surface area contributed by atoms with E-state index in [9.17, 15) is 15.0 Å². The zero-order valence-corrected chi connectivity index (χ0v) is 28.5. The summed E-state index contributed by atoms with van der Waals surface area (Å²) in [5.74, 6) is 0.934. The van der Waals surface area contributed by atoms with E-state index in [4.69, 9.17) is 14.7 Å². The molecule has 2 amide bonds. The maximum absolute atomic E-state index is 12.8. The van der Waals surface area contributed by atoms with E-state index in [0.29, 0.717) is 42.4 Å². The standard InChI is InChI=1S/C35H44N12O4/c1-2-47-43-32(42-44-47)30-28(48)29(49)34(51-30)46-22-39-27-31(37-20-25(23-12-6-3-7-13-23)24-14-8-4-9-15-24)40-26(41-33(27)46)21-38-35(50)36-16-19-45-17-10-5-11-18-45/h3-4,6-9,12-15,22,25,28-30,34,48-49H,2,5,10-11,16-21H2,1H3,(H2,36,38,50)(H,37,40,41)/t28-,29+,30-,34+/m0/s1. The Morgan fingerprint density at radius 2 is 1.69 bits per heavy atom. The minimum absolute atomic E-state index is 0.00770. The lowest BCUT2D eigenvalue weighted by atomic mass is 9.91. The van der Waals surface area contributed by atoms with Crippen molar-refractivity contribution in [3.63, 3.8) is 0 Å². The minimum atomic E-state index is -1.35. The van der Waals surface area contributed by atoms with Gasteiger partial charge < -0.3 is 35.8 Å². The average molecular weight is 697 g/mol. The summed E-state index contributed by atoms with van der Waals surface area (Å²) < 4.78 is 7.71. The van der Waals surface area contributed by atoms with Crippen LogP contribution in [0.25, 0.3) is 11.2 Å². The van der Waals surface area contributed by atoms with E-state index in [1.54, 1.807) is 4.57 Å². The van der Waals surface area contributed by atoms with Crippen LogP contribution in [-0.2, 0) is 17.8 Å². The van der Waals surface area contributed by atoms with Crippen molar-refractivity contribution in [2.75, 3.05) is 38.0 Å². The Balaban J connectivity index is 1.15. The van der Waals surface area contributed by atoms with Crippen LogP contribution in [0.2, 0.25) is 0 Å². The van der Waals surface area contributed by atoms with Crippen molar-refractivity contribution in [2.45, 2.75) is 69.7 Å². The second-order valence-corrected chi connectivity index (χ2v) is 12.8. The highest BCUT2D eigenvalue weighted by Crippen LogP contribution is 2.39. The summed E-state index contributed by atoms with van der Waals surface area (Å²) in [4.78, 5) is 30.7. The van der Waals surface area contributed by atoms with Crippen molar-refractivity contribution in [1.82, 2.24) is 55.3 Å². The molecule has 0 radical (unpaired) electrons. The molecule has 268 valence electrons. The first-order valence-electron chi connectivity index (χ1n) is 17.6. The number of urea groups is 1. The fraction of sp³-hybridized carbons (Fsp3) is 0.457. The van der Waals surface area contributed by atoms with Gasteiger partial charge in [0.1, 0.15) is 12.2 Å². The number of rotatable bonds is 13. The molecule has 3 aromatic heterocycles. The quantitative estimate of drug-likeness (QED) is 0.121. The molecule has 16 heteroatoms. The molecule has 2 fully saturated rings. The predicted molar refractivity (Wildman–Crippen MR) is 187 cm³/mol. The number of ether oxygens (including phenoxy) is 1. The van der Waals surface area contributed by atoms with Crippen LogP contribution in [0.15, 0.2) is 67.0 Å². The fourth-order valence-corrected chi connectivity index (χ4v) is 6.69. The second-order valence-electron chi connectivity index (χ2n) is 12.8. The summed E-state index contributed by atoms with van der Waals surface area (Å²) in [6.07, 6.45) is 0.387. The molecule has 0 saturated carbocycles. The number of carbonyl (C=O) groups is 1. The van der Waals surface area contributed by atoms with E-state index in [0.717, 1.165) is 30.8 Å². The van der Waals surface area contributed by atoms with E-state index in [-0.39, 0.29) is 24.3 Å². The number of imidazole rings is 1. The Morgan fingerprint density at radius 3 is 2.37 bits per heavy atom. The Hall–Kier alpha value is -5.03. The summed E-state index contributed by atoms with van der Waals surface area (Å²) in [6.45, 7) is 6.33. The third-order valence-corrected chi connectivity index (χ3v) is 9.43. The Bertz CT molecular complexity index is 1840. The largest absolute Gasteiger partial charge is 0.387 e. The van der Waals surface area contributed by atoms with Crippen LogP contribution in [0.1, 0.15) is 67.2 Å². The van der Waals surface area contributed by atoms with Crippen LogP contribution in [-0.4, -0.2) is 106 Å². The van der Waals surface area contributed by atoms with Crippen molar-refractivity contribution >= 4 is 23.0 Å². The third kappa shape index (κ3) is 7.83. The molecule has 2 aliphatic heterocycles. The van der Waals surface area contributed by atoms with Gasteiger partial charge in [-0.05, 0) is 49.2 Å². The number of amides is 2. The monoisotopic (exact) mass is 696 g/mol. The Morgan fingerprint density at radius 1 is 0.961 bits per heavy atom. The molecule has 51 heavy (non-hydrogen) atoms. The molecule has 2 aliphatic rings. The molecule has 4 atom stereocenters. The number of aliphatic hydroxyl groups excluding tert-OH is 2. The zero-order valence-electron chi connectivity index (χ0n) is 28.5. The highest BCUT2D eigenvalue weighted by Gasteiger charge is 2.47. The van der Waals surface area contributed by atoms with Crippen molar-refractivity contribution in [3.05, 3.63) is 89.8 Å². The minimum Gasteiger partial charge on any atom is -0.387 e. The van der Waals surface area contributed by atoms with Gasteiger partial charge in [-0.2, -0.15) is 4.80 Å². The highest BCUT2D eigenvalue weighted by molar-refractivity contribution is 5.83. The lowest BCUT2D eigenvalue weighted by molar-refractivity contribution is -0.0384. The summed E-state index contributed by atoms with van der Waals surface area (Å²) in [6, 6.07) is 20.1. The first-order chi connectivity index (χ1) is 25.0. The fourth-order valence-electron chi connectivity index (χ4n) is 6.69. The number of hydrogen-bond acceptors (Lipinski definition) is 12. The van der Waals surface area contributed by atoms with Gasteiger partial charge in [-0.1, -0.05) is 67.1 Å². The number of piperidine rings is 1.